The van der Waals surface area contributed by atoms with E-state index in [1.807, 2.05) is 13.8 Å². The van der Waals surface area contributed by atoms with Crippen LogP contribution in [0.15, 0.2) is 24.3 Å². The molecule has 3 N–H and O–H groups in total. The van der Waals surface area contributed by atoms with Gasteiger partial charge in [0.2, 0.25) is 5.91 Å². The van der Waals surface area contributed by atoms with Crippen LogP contribution in [0, 0.1) is 3.57 Å². The topological polar surface area (TPSA) is 55.1 Å². The van der Waals surface area contributed by atoms with Crippen LogP contribution in [0.2, 0.25) is 0 Å². The highest BCUT2D eigenvalue weighted by atomic mass is 127. The minimum absolute atomic E-state index is 0.0983. The van der Waals surface area contributed by atoms with E-state index < -0.39 is 0 Å². The van der Waals surface area contributed by atoms with Crippen LogP contribution in [-0.2, 0) is 11.2 Å². The number of unbranched alkanes of at least 4 members (excludes halogenated alkanes) is 1. The van der Waals surface area contributed by atoms with Gasteiger partial charge in [0.05, 0.1) is 0 Å². The van der Waals surface area contributed by atoms with Crippen molar-refractivity contribution in [2.45, 2.75) is 45.1 Å². The molecule has 1 aromatic rings. The number of hydrogen-bond acceptors (Lipinski definition) is 2. The minimum Gasteiger partial charge on any atom is -0.354 e. The maximum Gasteiger partial charge on any atom is 0.220 e. The van der Waals surface area contributed by atoms with Gasteiger partial charge in [-0.1, -0.05) is 12.1 Å². The fourth-order valence-electron chi connectivity index (χ4n) is 1.68. The molecular weight excluding hydrogens is 351 g/mol. The summed E-state index contributed by atoms with van der Waals surface area (Å²) in [5.41, 5.74) is 6.81. The van der Waals surface area contributed by atoms with Gasteiger partial charge in [-0.05, 0) is 73.4 Å². The van der Waals surface area contributed by atoms with Crippen molar-refractivity contribution in [3.8, 4) is 0 Å². The third-order valence-corrected chi connectivity index (χ3v) is 3.49. The first-order chi connectivity index (χ1) is 8.87. The molecule has 4 heteroatoms. The summed E-state index contributed by atoms with van der Waals surface area (Å²) in [6.45, 7) is 4.34. The van der Waals surface area contributed by atoms with Gasteiger partial charge in [-0.3, -0.25) is 4.79 Å². The first-order valence-corrected chi connectivity index (χ1v) is 7.75. The van der Waals surface area contributed by atoms with Crippen LogP contribution < -0.4 is 11.1 Å². The zero-order valence-electron chi connectivity index (χ0n) is 11.7. The van der Waals surface area contributed by atoms with Gasteiger partial charge >= 0.3 is 0 Å². The number of carbonyl (C=O) groups is 1. The van der Waals surface area contributed by atoms with Crippen LogP contribution in [0.5, 0.6) is 0 Å². The van der Waals surface area contributed by atoms with Crippen molar-refractivity contribution in [2.75, 3.05) is 6.54 Å². The zero-order valence-corrected chi connectivity index (χ0v) is 13.9. The molecule has 0 aliphatic carbocycles. The number of benzene rings is 1. The lowest BCUT2D eigenvalue weighted by Crippen LogP contribution is -2.45. The van der Waals surface area contributed by atoms with Crippen molar-refractivity contribution in [3.05, 3.63) is 33.4 Å². The molecule has 0 aliphatic heterocycles. The minimum atomic E-state index is -0.336. The van der Waals surface area contributed by atoms with Crippen LogP contribution in [0.1, 0.15) is 38.7 Å². The molecule has 0 bridgehead atoms. The molecule has 0 saturated heterocycles. The second-order valence-corrected chi connectivity index (χ2v) is 6.84. The van der Waals surface area contributed by atoms with E-state index in [-0.39, 0.29) is 11.4 Å². The van der Waals surface area contributed by atoms with Gasteiger partial charge in [0.1, 0.15) is 0 Å². The quantitative estimate of drug-likeness (QED) is 0.570. The summed E-state index contributed by atoms with van der Waals surface area (Å²) in [7, 11) is 0. The maximum absolute atomic E-state index is 11.6. The van der Waals surface area contributed by atoms with E-state index in [4.69, 9.17) is 5.73 Å². The largest absolute Gasteiger partial charge is 0.354 e. The molecule has 0 aromatic heterocycles. The van der Waals surface area contributed by atoms with Crippen LogP contribution in [0.4, 0.5) is 0 Å². The normalized spacial score (nSPS) is 11.4. The first-order valence-electron chi connectivity index (χ1n) is 6.67. The number of halogens is 1. The van der Waals surface area contributed by atoms with Gasteiger partial charge in [-0.2, -0.15) is 0 Å². The molecule has 1 aromatic carbocycles. The molecule has 0 saturated carbocycles. The third-order valence-electron chi connectivity index (χ3n) is 2.77. The fraction of sp³-hybridized carbons (Fsp3) is 0.533. The summed E-state index contributed by atoms with van der Waals surface area (Å²) in [6.07, 6.45) is 3.58. The Morgan fingerprint density at radius 2 is 1.89 bits per heavy atom. The van der Waals surface area contributed by atoms with Gasteiger partial charge in [-0.15, -0.1) is 0 Å². The molecule has 19 heavy (non-hydrogen) atoms. The smallest absolute Gasteiger partial charge is 0.220 e. The highest BCUT2D eigenvalue weighted by Gasteiger charge is 2.11. The first kappa shape index (κ1) is 16.4. The summed E-state index contributed by atoms with van der Waals surface area (Å²) in [6, 6.07) is 8.54. The van der Waals surface area contributed by atoms with Crippen LogP contribution in [0.3, 0.4) is 0 Å². The zero-order chi connectivity index (χ0) is 14.3. The number of amides is 1. The predicted molar refractivity (Wildman–Crippen MR) is 88.0 cm³/mol. The lowest BCUT2D eigenvalue weighted by Gasteiger charge is -2.18. The number of nitrogens with two attached hydrogens (primary N) is 1. The molecule has 0 radical (unpaired) electrons. The molecule has 0 aliphatic rings. The molecule has 106 valence electrons. The van der Waals surface area contributed by atoms with E-state index in [1.165, 1.54) is 9.13 Å². The van der Waals surface area contributed by atoms with Crippen molar-refractivity contribution in [2.24, 2.45) is 5.73 Å². The van der Waals surface area contributed by atoms with E-state index in [2.05, 4.69) is 52.2 Å². The molecule has 0 unspecified atom stereocenters. The summed E-state index contributed by atoms with van der Waals surface area (Å²) >= 11 is 2.30. The Balaban J connectivity index is 2.13. The van der Waals surface area contributed by atoms with E-state index in [9.17, 15) is 4.79 Å². The second kappa shape index (κ2) is 7.85. The predicted octanol–water partition coefficient (Wildman–Crippen LogP) is 2.86. The lowest BCUT2D eigenvalue weighted by molar-refractivity contribution is -0.121. The van der Waals surface area contributed by atoms with Gasteiger partial charge in [0.25, 0.3) is 0 Å². The Morgan fingerprint density at radius 1 is 1.26 bits per heavy atom. The van der Waals surface area contributed by atoms with E-state index >= 15 is 0 Å². The number of carbonyl (C=O) groups excluding carboxylic acids is 1. The Labute approximate surface area is 129 Å². The standard InChI is InChI=1S/C15H23IN2O/c1-15(2,17)11-18-14(19)6-4-3-5-12-7-9-13(16)10-8-12/h7-10H,3-6,11,17H2,1-2H3,(H,18,19). The molecule has 0 spiro atoms. The fourth-order valence-corrected chi connectivity index (χ4v) is 2.04. The van der Waals surface area contributed by atoms with E-state index in [0.29, 0.717) is 13.0 Å². The monoisotopic (exact) mass is 374 g/mol. The highest BCUT2D eigenvalue weighted by Crippen LogP contribution is 2.10. The van der Waals surface area contributed by atoms with Crippen molar-refractivity contribution in [1.82, 2.24) is 5.32 Å². The van der Waals surface area contributed by atoms with Gasteiger partial charge in [0.15, 0.2) is 0 Å². The summed E-state index contributed by atoms with van der Waals surface area (Å²) in [5.74, 6) is 0.0983. The van der Waals surface area contributed by atoms with Crippen LogP contribution in [-0.4, -0.2) is 18.0 Å². The molecule has 1 amide bonds. The van der Waals surface area contributed by atoms with Crippen molar-refractivity contribution in [1.29, 1.82) is 0 Å². The molecule has 0 heterocycles. The van der Waals surface area contributed by atoms with Gasteiger partial charge in [0, 0.05) is 22.1 Å². The number of nitrogens with one attached hydrogen (secondary N) is 1. The maximum atomic E-state index is 11.6. The molecule has 3 nitrogen and oxygen atoms in total. The summed E-state index contributed by atoms with van der Waals surface area (Å²) in [4.78, 5) is 11.6. The molecule has 0 atom stereocenters. The number of hydrogen-bond donors (Lipinski definition) is 2. The van der Waals surface area contributed by atoms with Crippen molar-refractivity contribution >= 4 is 28.5 Å². The molecule has 1 rings (SSSR count). The highest BCUT2D eigenvalue weighted by molar-refractivity contribution is 14.1. The molecular formula is C15H23IN2O. The van der Waals surface area contributed by atoms with Gasteiger partial charge in [-0.25, -0.2) is 0 Å². The Bertz CT molecular complexity index is 396. The lowest BCUT2D eigenvalue weighted by atomic mass is 10.1. The van der Waals surface area contributed by atoms with Crippen molar-refractivity contribution in [3.63, 3.8) is 0 Å². The van der Waals surface area contributed by atoms with Crippen molar-refractivity contribution < 1.29 is 4.79 Å². The van der Waals surface area contributed by atoms with E-state index in [0.717, 1.165) is 19.3 Å². The average molecular weight is 374 g/mol. The number of aryl methyl sites for hydroxylation is 1. The average Bonchev–Trinajstić information content (AvgIpc) is 2.33. The second-order valence-electron chi connectivity index (χ2n) is 5.60. The Kier molecular flexibility index (Phi) is 6.79. The third kappa shape index (κ3) is 8.21. The molecule has 0 fully saturated rings. The van der Waals surface area contributed by atoms with E-state index in [1.54, 1.807) is 0 Å². The van der Waals surface area contributed by atoms with Crippen LogP contribution in [0.25, 0.3) is 0 Å². The summed E-state index contributed by atoms with van der Waals surface area (Å²) < 4.78 is 1.25. The Hall–Kier alpha value is -0.620. The summed E-state index contributed by atoms with van der Waals surface area (Å²) in [5, 5.41) is 2.86. The van der Waals surface area contributed by atoms with Gasteiger partial charge < -0.3 is 11.1 Å². The number of rotatable bonds is 7. The van der Waals surface area contributed by atoms with Crippen LogP contribution >= 0.6 is 22.6 Å². The Morgan fingerprint density at radius 3 is 2.47 bits per heavy atom. The SMILES string of the molecule is CC(C)(N)CNC(=O)CCCCc1ccc(I)cc1.